The van der Waals surface area contributed by atoms with Crippen LogP contribution in [0, 0.1) is 0 Å². The number of nitrogens with one attached hydrogen (secondary N) is 2. The molecule has 1 aromatic heterocycles. The molecule has 0 radical (unpaired) electrons. The van der Waals surface area contributed by atoms with E-state index in [-0.39, 0.29) is 11.9 Å². The van der Waals surface area contributed by atoms with Crippen molar-refractivity contribution in [1.29, 1.82) is 0 Å². The number of likely N-dealkylation sites (tertiary alicyclic amines) is 1. The van der Waals surface area contributed by atoms with Crippen molar-refractivity contribution in [3.63, 3.8) is 0 Å². The molecule has 2 heterocycles. The zero-order valence-electron chi connectivity index (χ0n) is 21.2. The van der Waals surface area contributed by atoms with Crippen LogP contribution >= 0.6 is 0 Å². The van der Waals surface area contributed by atoms with Crippen LogP contribution in [0.15, 0.2) is 85.1 Å². The second-order valence-corrected chi connectivity index (χ2v) is 9.53. The Kier molecular flexibility index (Phi) is 7.88. The first-order chi connectivity index (χ1) is 18.8. The van der Waals surface area contributed by atoms with Crippen molar-refractivity contribution in [2.45, 2.75) is 32.0 Å². The van der Waals surface area contributed by atoms with Gasteiger partial charge in [-0.15, -0.1) is 0 Å². The Morgan fingerprint density at radius 3 is 2.31 bits per heavy atom. The van der Waals surface area contributed by atoms with E-state index in [2.05, 4.69) is 25.5 Å². The molecule has 4 aromatic rings. The first-order valence-electron chi connectivity index (χ1n) is 12.8. The van der Waals surface area contributed by atoms with Gasteiger partial charge >= 0.3 is 6.18 Å². The molecule has 9 heteroatoms. The summed E-state index contributed by atoms with van der Waals surface area (Å²) in [6, 6.07) is 21.3. The van der Waals surface area contributed by atoms with Crippen molar-refractivity contribution < 1.29 is 18.0 Å². The normalized spacial score (nSPS) is 14.1. The lowest BCUT2D eigenvalue weighted by Gasteiger charge is -2.26. The molecule has 0 saturated carbocycles. The largest absolute Gasteiger partial charge is 0.416 e. The molecule has 1 amide bonds. The molecule has 1 fully saturated rings. The highest BCUT2D eigenvalue weighted by Gasteiger charge is 2.30. The lowest BCUT2D eigenvalue weighted by atomic mass is 10.1. The third-order valence-electron chi connectivity index (χ3n) is 6.61. The van der Waals surface area contributed by atoms with Crippen LogP contribution in [0.25, 0.3) is 11.3 Å². The Labute approximate surface area is 224 Å². The van der Waals surface area contributed by atoms with E-state index in [0.29, 0.717) is 28.2 Å². The van der Waals surface area contributed by atoms with Crippen LogP contribution in [-0.4, -0.2) is 33.9 Å². The summed E-state index contributed by atoms with van der Waals surface area (Å²) in [6.07, 6.45) is 0.918. The maximum atomic E-state index is 12.9. The fourth-order valence-corrected chi connectivity index (χ4v) is 4.55. The predicted molar refractivity (Wildman–Crippen MR) is 146 cm³/mol. The molecule has 1 saturated heterocycles. The van der Waals surface area contributed by atoms with Crippen molar-refractivity contribution in [3.05, 3.63) is 102 Å². The number of piperidine rings is 1. The fraction of sp³-hybridized carbons (Fsp3) is 0.233. The minimum absolute atomic E-state index is 0.211. The van der Waals surface area contributed by atoms with E-state index in [1.165, 1.54) is 43.2 Å². The molecule has 200 valence electrons. The molecule has 0 aliphatic carbocycles. The van der Waals surface area contributed by atoms with Crippen LogP contribution in [0.1, 0.15) is 40.7 Å². The summed E-state index contributed by atoms with van der Waals surface area (Å²) >= 11 is 0. The summed E-state index contributed by atoms with van der Waals surface area (Å²) in [7, 11) is 0. The number of alkyl halides is 3. The molecular weight excluding hydrogens is 503 g/mol. The summed E-state index contributed by atoms with van der Waals surface area (Å²) in [5, 5.41) is 6.01. The number of aromatic nitrogens is 2. The van der Waals surface area contributed by atoms with E-state index in [4.69, 9.17) is 0 Å². The van der Waals surface area contributed by atoms with Gasteiger partial charge in [-0.1, -0.05) is 36.8 Å². The van der Waals surface area contributed by atoms with Gasteiger partial charge in [0.05, 0.1) is 11.3 Å². The van der Waals surface area contributed by atoms with Crippen LogP contribution in [0.2, 0.25) is 0 Å². The molecule has 1 aliphatic rings. The maximum Gasteiger partial charge on any atom is 0.416 e. The zero-order valence-corrected chi connectivity index (χ0v) is 21.2. The summed E-state index contributed by atoms with van der Waals surface area (Å²) < 4.78 is 38.6. The molecule has 1 aliphatic heterocycles. The van der Waals surface area contributed by atoms with Crippen molar-refractivity contribution in [2.75, 3.05) is 23.7 Å². The van der Waals surface area contributed by atoms with E-state index in [0.717, 1.165) is 31.8 Å². The van der Waals surface area contributed by atoms with Gasteiger partial charge in [0.15, 0.2) is 0 Å². The Bertz CT molecular complexity index is 1420. The van der Waals surface area contributed by atoms with E-state index >= 15 is 0 Å². The Morgan fingerprint density at radius 1 is 0.872 bits per heavy atom. The van der Waals surface area contributed by atoms with Crippen LogP contribution in [0.3, 0.4) is 0 Å². The van der Waals surface area contributed by atoms with Crippen molar-refractivity contribution >= 4 is 23.2 Å². The number of halogens is 3. The quantitative estimate of drug-likeness (QED) is 0.265. The smallest absolute Gasteiger partial charge is 0.324 e. The Balaban J connectivity index is 1.22. The molecule has 0 spiro atoms. The number of carbonyl (C=O) groups excluding carboxylic acids is 1. The molecule has 2 N–H and O–H groups in total. The molecule has 0 bridgehead atoms. The first-order valence-corrected chi connectivity index (χ1v) is 12.8. The molecule has 6 nitrogen and oxygen atoms in total. The molecule has 3 aromatic carbocycles. The SMILES string of the molecule is O=C(Nc1cccc(Nc2nccc(-c3ccc(C(F)(F)F)cc3)n2)c1)c1ccc(CN2CCCCC2)cc1. The molecule has 5 rings (SSSR count). The van der Waals surface area contributed by atoms with Gasteiger partial charge in [-0.3, -0.25) is 9.69 Å². The highest BCUT2D eigenvalue weighted by atomic mass is 19.4. The summed E-state index contributed by atoms with van der Waals surface area (Å²) in [4.78, 5) is 23.9. The second-order valence-electron chi connectivity index (χ2n) is 9.53. The van der Waals surface area contributed by atoms with E-state index in [9.17, 15) is 18.0 Å². The number of amides is 1. The van der Waals surface area contributed by atoms with Crippen molar-refractivity contribution in [1.82, 2.24) is 14.9 Å². The molecule has 0 atom stereocenters. The van der Waals surface area contributed by atoms with Gasteiger partial charge in [0, 0.05) is 35.2 Å². The number of hydrogen-bond donors (Lipinski definition) is 2. The van der Waals surface area contributed by atoms with Gasteiger partial charge in [-0.25, -0.2) is 9.97 Å². The molecular formula is C30H28F3N5O. The number of anilines is 3. The number of rotatable bonds is 7. The van der Waals surface area contributed by atoms with Gasteiger partial charge in [0.25, 0.3) is 5.91 Å². The summed E-state index contributed by atoms with van der Waals surface area (Å²) in [6.45, 7) is 3.14. The highest BCUT2D eigenvalue weighted by molar-refractivity contribution is 6.04. The Hall–Kier alpha value is -4.24. The summed E-state index contributed by atoms with van der Waals surface area (Å²) in [5.74, 6) is 0.0670. The highest BCUT2D eigenvalue weighted by Crippen LogP contribution is 2.31. The standard InChI is InChI=1S/C30H28F3N5O/c31-30(32,33)24-13-11-22(12-14-24)27-15-16-34-29(37-27)36-26-6-4-5-25(19-26)35-28(39)23-9-7-21(8-10-23)20-38-17-2-1-3-18-38/h4-16,19H,1-3,17-18,20H2,(H,35,39)(H,34,36,37). The second kappa shape index (κ2) is 11.7. The lowest BCUT2D eigenvalue weighted by Crippen LogP contribution is -2.29. The number of carbonyl (C=O) groups is 1. The molecule has 39 heavy (non-hydrogen) atoms. The predicted octanol–water partition coefficient (Wildman–Crippen LogP) is 7.14. The van der Waals surface area contributed by atoms with Gasteiger partial charge in [0.1, 0.15) is 0 Å². The van der Waals surface area contributed by atoms with Gasteiger partial charge in [-0.2, -0.15) is 13.2 Å². The van der Waals surface area contributed by atoms with Crippen molar-refractivity contribution in [3.8, 4) is 11.3 Å². The average Bonchev–Trinajstić information content (AvgIpc) is 2.94. The van der Waals surface area contributed by atoms with Gasteiger partial charge < -0.3 is 10.6 Å². The first kappa shape index (κ1) is 26.4. The number of benzene rings is 3. The van der Waals surface area contributed by atoms with E-state index in [1.807, 2.05) is 24.3 Å². The number of nitrogens with zero attached hydrogens (tertiary/aromatic N) is 3. The van der Waals surface area contributed by atoms with Crippen LogP contribution in [0.5, 0.6) is 0 Å². The van der Waals surface area contributed by atoms with E-state index < -0.39 is 11.7 Å². The third-order valence-corrected chi connectivity index (χ3v) is 6.61. The maximum absolute atomic E-state index is 12.9. The average molecular weight is 532 g/mol. The number of hydrogen-bond acceptors (Lipinski definition) is 5. The van der Waals surface area contributed by atoms with Crippen LogP contribution in [0.4, 0.5) is 30.5 Å². The van der Waals surface area contributed by atoms with Crippen molar-refractivity contribution in [2.24, 2.45) is 0 Å². The van der Waals surface area contributed by atoms with Crippen LogP contribution < -0.4 is 10.6 Å². The molecule has 0 unspecified atom stereocenters. The topological polar surface area (TPSA) is 70.1 Å². The Morgan fingerprint density at radius 2 is 1.59 bits per heavy atom. The third kappa shape index (κ3) is 7.00. The minimum Gasteiger partial charge on any atom is -0.324 e. The minimum atomic E-state index is -4.40. The lowest BCUT2D eigenvalue weighted by molar-refractivity contribution is -0.137. The van der Waals surface area contributed by atoms with Gasteiger partial charge in [-0.05, 0) is 80.0 Å². The van der Waals surface area contributed by atoms with Gasteiger partial charge in [0.2, 0.25) is 5.95 Å². The fourth-order valence-electron chi connectivity index (χ4n) is 4.55. The monoisotopic (exact) mass is 531 g/mol. The zero-order chi connectivity index (χ0) is 27.2. The summed E-state index contributed by atoms with van der Waals surface area (Å²) in [5.41, 5.74) is 3.31. The van der Waals surface area contributed by atoms with E-state index in [1.54, 1.807) is 30.3 Å². The van der Waals surface area contributed by atoms with Crippen LogP contribution in [-0.2, 0) is 12.7 Å².